The first-order chi connectivity index (χ1) is 12.7. The highest BCUT2D eigenvalue weighted by molar-refractivity contribution is 7.89. The van der Waals surface area contributed by atoms with Crippen LogP contribution in [-0.2, 0) is 14.8 Å². The van der Waals surface area contributed by atoms with Crippen LogP contribution in [0, 0.1) is 6.92 Å². The van der Waals surface area contributed by atoms with E-state index in [9.17, 15) is 13.2 Å². The Kier molecular flexibility index (Phi) is 4.85. The molecule has 12 heteroatoms. The standard InChI is InChI=1S/C15H18N6O5S/c1-9-7-14(18-25-9)16-15(22)10(2)26-21-13-8-11(27(23,24)20(3)4)5-6-12(13)17-19-21/h5-8,10H,1-4H3,(H,16,18,22)/t10-/m0/s1. The number of aryl methyl sites for hydroxylation is 1. The summed E-state index contributed by atoms with van der Waals surface area (Å²) in [6.45, 7) is 3.21. The minimum atomic E-state index is -3.64. The molecule has 2 aromatic heterocycles. The van der Waals surface area contributed by atoms with Gasteiger partial charge in [-0.25, -0.2) is 12.7 Å². The summed E-state index contributed by atoms with van der Waals surface area (Å²) in [4.78, 5) is 18.8. The zero-order chi connectivity index (χ0) is 19.8. The molecule has 0 saturated carbocycles. The van der Waals surface area contributed by atoms with E-state index < -0.39 is 22.0 Å². The molecule has 1 amide bonds. The fourth-order valence-corrected chi connectivity index (χ4v) is 3.10. The van der Waals surface area contributed by atoms with Crippen LogP contribution in [0.3, 0.4) is 0 Å². The van der Waals surface area contributed by atoms with Gasteiger partial charge < -0.3 is 14.7 Å². The summed E-state index contributed by atoms with van der Waals surface area (Å²) in [5.74, 6) is 0.329. The van der Waals surface area contributed by atoms with Crippen LogP contribution in [0.4, 0.5) is 5.82 Å². The number of rotatable bonds is 6. The Balaban J connectivity index is 1.83. The Hall–Kier alpha value is -2.99. The van der Waals surface area contributed by atoms with E-state index in [0.29, 0.717) is 16.8 Å². The van der Waals surface area contributed by atoms with E-state index >= 15 is 0 Å². The van der Waals surface area contributed by atoms with Crippen molar-refractivity contribution in [3.05, 3.63) is 30.0 Å². The van der Waals surface area contributed by atoms with Crippen molar-refractivity contribution < 1.29 is 22.6 Å². The van der Waals surface area contributed by atoms with Gasteiger partial charge in [0.1, 0.15) is 16.8 Å². The number of sulfonamides is 1. The van der Waals surface area contributed by atoms with E-state index in [1.165, 1.54) is 39.2 Å². The topological polar surface area (TPSA) is 132 Å². The number of benzene rings is 1. The molecular weight excluding hydrogens is 376 g/mol. The Morgan fingerprint density at radius 1 is 1.33 bits per heavy atom. The zero-order valence-electron chi connectivity index (χ0n) is 15.1. The fraction of sp³-hybridized carbons (Fsp3) is 0.333. The Bertz CT molecular complexity index is 1090. The van der Waals surface area contributed by atoms with E-state index in [1.54, 1.807) is 13.0 Å². The second-order valence-electron chi connectivity index (χ2n) is 5.96. The molecule has 0 unspecified atom stereocenters. The molecule has 3 rings (SSSR count). The van der Waals surface area contributed by atoms with Crippen molar-refractivity contribution in [2.45, 2.75) is 24.8 Å². The zero-order valence-corrected chi connectivity index (χ0v) is 15.9. The van der Waals surface area contributed by atoms with Gasteiger partial charge in [0.2, 0.25) is 16.1 Å². The van der Waals surface area contributed by atoms with Crippen molar-refractivity contribution in [1.29, 1.82) is 0 Å². The van der Waals surface area contributed by atoms with E-state index in [-0.39, 0.29) is 10.7 Å². The monoisotopic (exact) mass is 394 g/mol. The van der Waals surface area contributed by atoms with Crippen LogP contribution < -0.4 is 10.2 Å². The molecule has 144 valence electrons. The van der Waals surface area contributed by atoms with Gasteiger partial charge in [0.15, 0.2) is 5.82 Å². The van der Waals surface area contributed by atoms with Gasteiger partial charge in [-0.2, -0.15) is 0 Å². The minimum Gasteiger partial charge on any atom is -0.382 e. The number of nitrogens with one attached hydrogen (secondary N) is 1. The maximum absolute atomic E-state index is 12.3. The van der Waals surface area contributed by atoms with Crippen molar-refractivity contribution in [3.63, 3.8) is 0 Å². The average molecular weight is 394 g/mol. The lowest BCUT2D eigenvalue weighted by Crippen LogP contribution is -2.35. The molecule has 0 aliphatic rings. The maximum atomic E-state index is 12.3. The Labute approximate surface area is 154 Å². The first kappa shape index (κ1) is 18.8. The molecule has 0 fully saturated rings. The number of carbonyl (C=O) groups is 1. The lowest BCUT2D eigenvalue weighted by molar-refractivity contribution is -0.127. The van der Waals surface area contributed by atoms with E-state index in [4.69, 9.17) is 9.36 Å². The summed E-state index contributed by atoms with van der Waals surface area (Å²) in [6, 6.07) is 5.89. The normalized spacial score (nSPS) is 13.1. The van der Waals surface area contributed by atoms with Crippen LogP contribution >= 0.6 is 0 Å². The minimum absolute atomic E-state index is 0.0577. The molecule has 0 bridgehead atoms. The molecule has 0 radical (unpaired) electrons. The molecule has 1 aromatic carbocycles. The van der Waals surface area contributed by atoms with Gasteiger partial charge in [-0.15, -0.1) is 5.10 Å². The van der Waals surface area contributed by atoms with Crippen LogP contribution in [0.15, 0.2) is 33.7 Å². The predicted octanol–water partition coefficient (Wildman–Crippen LogP) is 0.434. The van der Waals surface area contributed by atoms with Gasteiger partial charge in [0.25, 0.3) is 5.91 Å². The highest BCUT2D eigenvalue weighted by atomic mass is 32.2. The largest absolute Gasteiger partial charge is 0.382 e. The van der Waals surface area contributed by atoms with E-state index in [1.807, 2.05) is 0 Å². The van der Waals surface area contributed by atoms with Gasteiger partial charge in [0.05, 0.1) is 4.90 Å². The summed E-state index contributed by atoms with van der Waals surface area (Å²) in [6.07, 6.45) is -0.957. The summed E-state index contributed by atoms with van der Waals surface area (Å²) in [7, 11) is -0.767. The maximum Gasteiger partial charge on any atom is 0.269 e. The molecule has 1 atom stereocenters. The molecule has 0 aliphatic carbocycles. The van der Waals surface area contributed by atoms with Crippen LogP contribution in [0.5, 0.6) is 0 Å². The third-order valence-corrected chi connectivity index (χ3v) is 5.48. The molecule has 1 N–H and O–H groups in total. The lowest BCUT2D eigenvalue weighted by Gasteiger charge is -2.13. The number of fused-ring (bicyclic) bond motifs is 1. The van der Waals surface area contributed by atoms with Gasteiger partial charge >= 0.3 is 0 Å². The third kappa shape index (κ3) is 3.75. The number of nitrogens with zero attached hydrogens (tertiary/aromatic N) is 5. The van der Waals surface area contributed by atoms with E-state index in [0.717, 1.165) is 9.15 Å². The second kappa shape index (κ2) is 6.96. The van der Waals surface area contributed by atoms with Gasteiger partial charge in [-0.3, -0.25) is 4.79 Å². The highest BCUT2D eigenvalue weighted by Crippen LogP contribution is 2.19. The molecule has 2 heterocycles. The molecule has 3 aromatic rings. The average Bonchev–Trinajstić information content (AvgIpc) is 3.20. The summed E-state index contributed by atoms with van der Waals surface area (Å²) in [5.41, 5.74) is 0.738. The van der Waals surface area contributed by atoms with E-state index in [2.05, 4.69) is 20.8 Å². The number of hydrogen-bond donors (Lipinski definition) is 1. The lowest BCUT2D eigenvalue weighted by atomic mass is 10.3. The Morgan fingerprint density at radius 2 is 2.07 bits per heavy atom. The van der Waals surface area contributed by atoms with Crippen molar-refractivity contribution in [1.82, 2.24) is 24.6 Å². The highest BCUT2D eigenvalue weighted by Gasteiger charge is 2.22. The smallest absolute Gasteiger partial charge is 0.269 e. The Morgan fingerprint density at radius 3 is 2.70 bits per heavy atom. The summed E-state index contributed by atoms with van der Waals surface area (Å²) >= 11 is 0. The number of hydrogen-bond acceptors (Lipinski definition) is 8. The number of carbonyl (C=O) groups excluding carboxylic acids is 1. The first-order valence-corrected chi connectivity index (χ1v) is 9.32. The molecule has 0 aliphatic heterocycles. The third-order valence-electron chi connectivity index (χ3n) is 3.67. The first-order valence-electron chi connectivity index (χ1n) is 7.88. The second-order valence-corrected chi connectivity index (χ2v) is 8.11. The van der Waals surface area contributed by atoms with Gasteiger partial charge in [-0.05, 0) is 37.3 Å². The van der Waals surface area contributed by atoms with Crippen LogP contribution in [0.25, 0.3) is 11.0 Å². The summed E-state index contributed by atoms with van der Waals surface area (Å²) in [5, 5.41) is 13.9. The van der Waals surface area contributed by atoms with Crippen molar-refractivity contribution in [2.75, 3.05) is 19.4 Å². The molecule has 0 saturated heterocycles. The fourth-order valence-electron chi connectivity index (χ4n) is 2.18. The molecule has 27 heavy (non-hydrogen) atoms. The molecular formula is C15H18N6O5S. The number of aromatic nitrogens is 4. The molecule has 11 nitrogen and oxygen atoms in total. The number of anilines is 1. The van der Waals surface area contributed by atoms with Crippen molar-refractivity contribution in [2.24, 2.45) is 0 Å². The summed E-state index contributed by atoms with van der Waals surface area (Å²) < 4.78 is 30.6. The quantitative estimate of drug-likeness (QED) is 0.637. The van der Waals surface area contributed by atoms with Gasteiger partial charge in [0, 0.05) is 20.2 Å². The predicted molar refractivity (Wildman–Crippen MR) is 94.3 cm³/mol. The number of amides is 1. The van der Waals surface area contributed by atoms with Crippen molar-refractivity contribution in [3.8, 4) is 0 Å². The van der Waals surface area contributed by atoms with Crippen LogP contribution in [0.2, 0.25) is 0 Å². The molecule has 0 spiro atoms. The van der Waals surface area contributed by atoms with Crippen LogP contribution in [-0.4, -0.2) is 59.1 Å². The van der Waals surface area contributed by atoms with Gasteiger partial charge in [-0.1, -0.05) is 10.0 Å². The van der Waals surface area contributed by atoms with Crippen molar-refractivity contribution >= 4 is 32.8 Å². The SMILES string of the molecule is Cc1cc(NC(=O)[C@H](C)On2nnc3ccc(S(=O)(=O)N(C)C)cc32)no1. The van der Waals surface area contributed by atoms with Crippen LogP contribution in [0.1, 0.15) is 12.7 Å².